The molecule has 0 saturated heterocycles. The molecule has 1 aromatic carbocycles. The molecule has 1 heterocycles. The van der Waals surface area contributed by atoms with Crippen molar-refractivity contribution in [3.63, 3.8) is 0 Å². The topological polar surface area (TPSA) is 97.6 Å². The maximum Gasteiger partial charge on any atom is 0.329 e. The molecule has 2 N–H and O–H groups in total. The van der Waals surface area contributed by atoms with Gasteiger partial charge in [0.2, 0.25) is 0 Å². The van der Waals surface area contributed by atoms with E-state index >= 15 is 0 Å². The van der Waals surface area contributed by atoms with Crippen LogP contribution in [-0.4, -0.2) is 37.0 Å². The zero-order valence-electron chi connectivity index (χ0n) is 15.4. The van der Waals surface area contributed by atoms with E-state index in [9.17, 15) is 14.4 Å². The average molecular weight is 372 g/mol. The van der Waals surface area contributed by atoms with Crippen molar-refractivity contribution < 1.29 is 23.5 Å². The number of furan rings is 1. The Bertz CT molecular complexity index is 741. The van der Waals surface area contributed by atoms with Gasteiger partial charge in [0.05, 0.1) is 6.26 Å². The van der Waals surface area contributed by atoms with E-state index in [2.05, 4.69) is 10.6 Å². The molecule has 0 spiro atoms. The van der Waals surface area contributed by atoms with Gasteiger partial charge in [0, 0.05) is 13.0 Å². The number of benzene rings is 1. The molecule has 1 aromatic heterocycles. The maximum absolute atomic E-state index is 12.4. The Morgan fingerprint density at radius 3 is 2.44 bits per heavy atom. The first-order valence-electron chi connectivity index (χ1n) is 8.77. The van der Waals surface area contributed by atoms with Crippen LogP contribution in [0.5, 0.6) is 0 Å². The van der Waals surface area contributed by atoms with Crippen molar-refractivity contribution in [2.75, 3.05) is 13.2 Å². The Kier molecular flexibility index (Phi) is 7.61. The summed E-state index contributed by atoms with van der Waals surface area (Å²) in [6.07, 6.45) is 1.61. The van der Waals surface area contributed by atoms with Crippen LogP contribution >= 0.6 is 0 Å². The fourth-order valence-electron chi connectivity index (χ4n) is 2.29. The Morgan fingerprint density at radius 1 is 1.07 bits per heavy atom. The van der Waals surface area contributed by atoms with Crippen LogP contribution in [0.1, 0.15) is 30.0 Å². The van der Waals surface area contributed by atoms with E-state index in [1.807, 2.05) is 44.2 Å². The Hall–Kier alpha value is -3.09. The minimum atomic E-state index is -0.942. The van der Waals surface area contributed by atoms with E-state index in [1.165, 1.54) is 12.3 Å². The first kappa shape index (κ1) is 20.2. The van der Waals surface area contributed by atoms with Crippen LogP contribution in [0.3, 0.4) is 0 Å². The monoisotopic (exact) mass is 372 g/mol. The number of nitrogens with one attached hydrogen (secondary N) is 2. The molecule has 27 heavy (non-hydrogen) atoms. The summed E-state index contributed by atoms with van der Waals surface area (Å²) in [4.78, 5) is 36.4. The van der Waals surface area contributed by atoms with Crippen molar-refractivity contribution in [1.82, 2.24) is 10.6 Å². The lowest BCUT2D eigenvalue weighted by Gasteiger charge is -2.17. The van der Waals surface area contributed by atoms with Crippen LogP contribution in [0.2, 0.25) is 0 Å². The second kappa shape index (κ2) is 10.2. The quantitative estimate of drug-likeness (QED) is 0.656. The highest BCUT2D eigenvalue weighted by molar-refractivity contribution is 5.94. The normalized spacial score (nSPS) is 11.7. The molecule has 2 rings (SSSR count). The second-order valence-electron chi connectivity index (χ2n) is 6.50. The molecule has 7 heteroatoms. The van der Waals surface area contributed by atoms with E-state index in [1.54, 1.807) is 6.07 Å². The number of amides is 2. The van der Waals surface area contributed by atoms with E-state index in [4.69, 9.17) is 9.15 Å². The number of esters is 1. The molecule has 1 atom stereocenters. The molecular weight excluding hydrogens is 348 g/mol. The number of rotatable bonds is 9. The number of hydrogen-bond acceptors (Lipinski definition) is 5. The van der Waals surface area contributed by atoms with E-state index in [-0.39, 0.29) is 18.1 Å². The summed E-state index contributed by atoms with van der Waals surface area (Å²) in [7, 11) is 0. The first-order valence-corrected chi connectivity index (χ1v) is 8.77. The third-order valence-electron chi connectivity index (χ3n) is 3.67. The minimum Gasteiger partial charge on any atom is -0.459 e. The summed E-state index contributed by atoms with van der Waals surface area (Å²) < 4.78 is 10.1. The SMILES string of the molecule is CC(C)CNC(=O)COC(=O)[C@H](Cc1ccccc1)NC(=O)c1ccco1. The van der Waals surface area contributed by atoms with Crippen LogP contribution in [0.4, 0.5) is 0 Å². The number of carbonyl (C=O) groups is 3. The van der Waals surface area contributed by atoms with Crippen LogP contribution < -0.4 is 10.6 Å². The number of carbonyl (C=O) groups excluding carboxylic acids is 3. The Labute approximate surface area is 158 Å². The smallest absolute Gasteiger partial charge is 0.329 e. The predicted molar refractivity (Wildman–Crippen MR) is 98.9 cm³/mol. The van der Waals surface area contributed by atoms with Crippen molar-refractivity contribution in [1.29, 1.82) is 0 Å². The summed E-state index contributed by atoms with van der Waals surface area (Å²) in [6, 6.07) is 11.4. The Balaban J connectivity index is 1.98. The molecule has 2 amide bonds. The van der Waals surface area contributed by atoms with Gasteiger partial charge < -0.3 is 19.8 Å². The molecular formula is C20H24N2O5. The van der Waals surface area contributed by atoms with Crippen molar-refractivity contribution in [2.24, 2.45) is 5.92 Å². The third-order valence-corrected chi connectivity index (χ3v) is 3.67. The second-order valence-corrected chi connectivity index (χ2v) is 6.50. The number of ether oxygens (including phenoxy) is 1. The van der Waals surface area contributed by atoms with Gasteiger partial charge in [-0.1, -0.05) is 44.2 Å². The summed E-state index contributed by atoms with van der Waals surface area (Å²) in [5.41, 5.74) is 0.850. The van der Waals surface area contributed by atoms with Crippen molar-refractivity contribution in [3.05, 3.63) is 60.1 Å². The van der Waals surface area contributed by atoms with Crippen LogP contribution in [0.15, 0.2) is 53.1 Å². The van der Waals surface area contributed by atoms with Gasteiger partial charge in [0.25, 0.3) is 11.8 Å². The van der Waals surface area contributed by atoms with Gasteiger partial charge in [-0.15, -0.1) is 0 Å². The third kappa shape index (κ3) is 6.97. The van der Waals surface area contributed by atoms with Crippen molar-refractivity contribution in [3.8, 4) is 0 Å². The van der Waals surface area contributed by atoms with Crippen LogP contribution in [0, 0.1) is 5.92 Å². The van der Waals surface area contributed by atoms with Crippen molar-refractivity contribution in [2.45, 2.75) is 26.3 Å². The summed E-state index contributed by atoms with van der Waals surface area (Å²) in [6.45, 7) is 4.03. The highest BCUT2D eigenvalue weighted by Gasteiger charge is 2.25. The molecule has 0 unspecified atom stereocenters. The highest BCUT2D eigenvalue weighted by atomic mass is 16.5. The van der Waals surface area contributed by atoms with Gasteiger partial charge in [-0.2, -0.15) is 0 Å². The standard InChI is InChI=1S/C20H24N2O5/c1-14(2)12-21-18(23)13-27-20(25)16(11-15-7-4-3-5-8-15)22-19(24)17-9-6-10-26-17/h3-10,14,16H,11-13H2,1-2H3,(H,21,23)(H,22,24)/t16-/m0/s1. The molecule has 0 fully saturated rings. The first-order chi connectivity index (χ1) is 13.0. The van der Waals surface area contributed by atoms with Gasteiger partial charge in [-0.25, -0.2) is 4.79 Å². The van der Waals surface area contributed by atoms with Gasteiger partial charge in [0.15, 0.2) is 12.4 Å². The van der Waals surface area contributed by atoms with Crippen LogP contribution in [-0.2, 0) is 20.7 Å². The zero-order valence-corrected chi connectivity index (χ0v) is 15.4. The molecule has 0 aliphatic heterocycles. The summed E-state index contributed by atoms with van der Waals surface area (Å²) in [5.74, 6) is -1.20. The van der Waals surface area contributed by atoms with E-state index in [0.717, 1.165) is 5.56 Å². The van der Waals surface area contributed by atoms with E-state index in [0.29, 0.717) is 12.5 Å². The summed E-state index contributed by atoms with van der Waals surface area (Å²) in [5, 5.41) is 5.27. The van der Waals surface area contributed by atoms with Gasteiger partial charge in [-0.05, 0) is 23.6 Å². The molecule has 0 bridgehead atoms. The van der Waals surface area contributed by atoms with Gasteiger partial charge in [-0.3, -0.25) is 9.59 Å². The molecule has 7 nitrogen and oxygen atoms in total. The lowest BCUT2D eigenvalue weighted by molar-refractivity contribution is -0.150. The molecule has 0 aliphatic rings. The minimum absolute atomic E-state index is 0.0931. The summed E-state index contributed by atoms with van der Waals surface area (Å²) >= 11 is 0. The Morgan fingerprint density at radius 2 is 1.81 bits per heavy atom. The predicted octanol–water partition coefficient (Wildman–Crippen LogP) is 1.94. The molecule has 0 aliphatic carbocycles. The fourth-order valence-corrected chi connectivity index (χ4v) is 2.29. The average Bonchev–Trinajstić information content (AvgIpc) is 3.19. The maximum atomic E-state index is 12.4. The lowest BCUT2D eigenvalue weighted by atomic mass is 10.1. The zero-order chi connectivity index (χ0) is 19.6. The molecule has 0 radical (unpaired) electrons. The molecule has 144 valence electrons. The largest absolute Gasteiger partial charge is 0.459 e. The van der Waals surface area contributed by atoms with Crippen LogP contribution in [0.25, 0.3) is 0 Å². The van der Waals surface area contributed by atoms with E-state index < -0.39 is 24.5 Å². The molecule has 0 saturated carbocycles. The fraction of sp³-hybridized carbons (Fsp3) is 0.350. The number of hydrogen-bond donors (Lipinski definition) is 2. The lowest BCUT2D eigenvalue weighted by Crippen LogP contribution is -2.44. The van der Waals surface area contributed by atoms with Gasteiger partial charge >= 0.3 is 5.97 Å². The van der Waals surface area contributed by atoms with Gasteiger partial charge in [0.1, 0.15) is 6.04 Å². The highest BCUT2D eigenvalue weighted by Crippen LogP contribution is 2.07. The molecule has 2 aromatic rings. The van der Waals surface area contributed by atoms with Crippen molar-refractivity contribution >= 4 is 17.8 Å².